The highest BCUT2D eigenvalue weighted by atomic mass is 16.5. The van der Waals surface area contributed by atoms with Gasteiger partial charge in [-0.2, -0.15) is 4.52 Å². The van der Waals surface area contributed by atoms with Gasteiger partial charge in [0.1, 0.15) is 6.33 Å². The lowest BCUT2D eigenvalue weighted by molar-refractivity contribution is -0.123. The van der Waals surface area contributed by atoms with Gasteiger partial charge in [-0.25, -0.2) is 0 Å². The van der Waals surface area contributed by atoms with Gasteiger partial charge < -0.3 is 14.6 Å². The van der Waals surface area contributed by atoms with Gasteiger partial charge in [-0.1, -0.05) is 19.0 Å². The second-order valence-corrected chi connectivity index (χ2v) is 5.75. The Bertz CT molecular complexity index is 825. The number of aromatic nitrogens is 5. The molecule has 0 aromatic carbocycles. The van der Waals surface area contributed by atoms with Crippen LogP contribution in [-0.2, 0) is 17.8 Å². The summed E-state index contributed by atoms with van der Waals surface area (Å²) in [4.78, 5) is 11.8. The lowest BCUT2D eigenvalue weighted by Gasteiger charge is -2.05. The molecule has 3 heterocycles. The average molecular weight is 330 g/mol. The van der Waals surface area contributed by atoms with Crippen molar-refractivity contribution >= 4 is 11.6 Å². The SMILES string of the molecule is CC(C)Cc1cc(CNC(=O)COc2ccc3nncn3n2)on1. The number of rotatable bonds is 7. The highest BCUT2D eigenvalue weighted by Gasteiger charge is 2.09. The Kier molecular flexibility index (Phi) is 4.69. The fourth-order valence-electron chi connectivity index (χ4n) is 2.12. The van der Waals surface area contributed by atoms with Crippen LogP contribution in [0.4, 0.5) is 0 Å². The van der Waals surface area contributed by atoms with Gasteiger partial charge in [-0.15, -0.1) is 15.3 Å². The van der Waals surface area contributed by atoms with Gasteiger partial charge in [-0.3, -0.25) is 4.79 Å². The van der Waals surface area contributed by atoms with Crippen molar-refractivity contribution in [2.45, 2.75) is 26.8 Å². The molecule has 9 heteroatoms. The van der Waals surface area contributed by atoms with E-state index in [4.69, 9.17) is 9.26 Å². The zero-order valence-corrected chi connectivity index (χ0v) is 13.5. The maximum atomic E-state index is 11.8. The van der Waals surface area contributed by atoms with Crippen molar-refractivity contribution in [2.75, 3.05) is 6.61 Å². The first-order chi connectivity index (χ1) is 11.6. The third-order valence-corrected chi connectivity index (χ3v) is 3.17. The molecule has 3 aromatic heterocycles. The van der Waals surface area contributed by atoms with Gasteiger partial charge in [0.05, 0.1) is 12.2 Å². The molecule has 0 radical (unpaired) electrons. The summed E-state index contributed by atoms with van der Waals surface area (Å²) >= 11 is 0. The standard InChI is InChI=1S/C15H18N6O3/c1-10(2)5-11-6-12(24-20-11)7-16-14(22)8-23-15-4-3-13-18-17-9-21(13)19-15/h3-4,6,9-10H,5,7-8H2,1-2H3,(H,16,22). The van der Waals surface area contributed by atoms with E-state index in [2.05, 4.69) is 39.6 Å². The Labute approximate surface area is 138 Å². The van der Waals surface area contributed by atoms with Crippen LogP contribution in [0.3, 0.4) is 0 Å². The molecule has 0 aliphatic rings. The Hall–Kier alpha value is -2.97. The number of fused-ring (bicyclic) bond motifs is 1. The molecular formula is C15H18N6O3. The van der Waals surface area contributed by atoms with Crippen molar-refractivity contribution in [1.29, 1.82) is 0 Å². The lowest BCUT2D eigenvalue weighted by Crippen LogP contribution is -2.28. The highest BCUT2D eigenvalue weighted by Crippen LogP contribution is 2.09. The van der Waals surface area contributed by atoms with E-state index in [0.29, 0.717) is 23.2 Å². The summed E-state index contributed by atoms with van der Waals surface area (Å²) in [7, 11) is 0. The third-order valence-electron chi connectivity index (χ3n) is 3.17. The summed E-state index contributed by atoms with van der Waals surface area (Å²) in [6, 6.07) is 5.19. The number of ether oxygens (including phenoxy) is 1. The van der Waals surface area contributed by atoms with Crippen LogP contribution in [0.5, 0.6) is 5.88 Å². The normalized spacial score (nSPS) is 11.1. The molecule has 0 aliphatic carbocycles. The maximum absolute atomic E-state index is 11.8. The van der Waals surface area contributed by atoms with E-state index < -0.39 is 0 Å². The summed E-state index contributed by atoms with van der Waals surface area (Å²) in [5.41, 5.74) is 1.49. The Balaban J connectivity index is 1.46. The number of amides is 1. The van der Waals surface area contributed by atoms with Crippen LogP contribution >= 0.6 is 0 Å². The third kappa shape index (κ3) is 4.06. The van der Waals surface area contributed by atoms with E-state index in [1.54, 1.807) is 12.1 Å². The molecule has 0 bridgehead atoms. The molecule has 3 rings (SSSR count). The number of carbonyl (C=O) groups excluding carboxylic acids is 1. The van der Waals surface area contributed by atoms with E-state index in [-0.39, 0.29) is 19.1 Å². The molecule has 0 unspecified atom stereocenters. The summed E-state index contributed by atoms with van der Waals surface area (Å²) in [6.07, 6.45) is 2.30. The van der Waals surface area contributed by atoms with Crippen LogP contribution < -0.4 is 10.1 Å². The van der Waals surface area contributed by atoms with Crippen LogP contribution in [0.25, 0.3) is 5.65 Å². The molecule has 9 nitrogen and oxygen atoms in total. The van der Waals surface area contributed by atoms with Crippen LogP contribution in [0, 0.1) is 5.92 Å². The first-order valence-corrected chi connectivity index (χ1v) is 7.61. The fraction of sp³-hybridized carbons (Fsp3) is 0.400. The average Bonchev–Trinajstić information content (AvgIpc) is 3.18. The second-order valence-electron chi connectivity index (χ2n) is 5.75. The van der Waals surface area contributed by atoms with E-state index in [1.807, 2.05) is 6.07 Å². The first kappa shape index (κ1) is 15.9. The largest absolute Gasteiger partial charge is 0.467 e. The molecule has 1 amide bonds. The molecular weight excluding hydrogens is 312 g/mol. The summed E-state index contributed by atoms with van der Waals surface area (Å²) in [6.45, 7) is 4.34. The molecule has 24 heavy (non-hydrogen) atoms. The zero-order valence-electron chi connectivity index (χ0n) is 13.5. The zero-order chi connectivity index (χ0) is 16.9. The van der Waals surface area contributed by atoms with Crippen LogP contribution in [0.2, 0.25) is 0 Å². The van der Waals surface area contributed by atoms with Crippen LogP contribution in [0.1, 0.15) is 25.3 Å². The van der Waals surface area contributed by atoms with Gasteiger partial charge in [-0.05, 0) is 18.4 Å². The van der Waals surface area contributed by atoms with Gasteiger partial charge >= 0.3 is 0 Å². The van der Waals surface area contributed by atoms with Gasteiger partial charge in [0.2, 0.25) is 5.88 Å². The molecule has 0 atom stereocenters. The first-order valence-electron chi connectivity index (χ1n) is 7.61. The van der Waals surface area contributed by atoms with Crippen molar-refractivity contribution < 1.29 is 14.1 Å². The molecule has 0 spiro atoms. The smallest absolute Gasteiger partial charge is 0.258 e. The molecule has 126 valence electrons. The van der Waals surface area contributed by atoms with E-state index in [9.17, 15) is 4.79 Å². The Morgan fingerprint density at radius 2 is 2.29 bits per heavy atom. The summed E-state index contributed by atoms with van der Waals surface area (Å²) < 4.78 is 12.0. The predicted molar refractivity (Wildman–Crippen MR) is 83.2 cm³/mol. The predicted octanol–water partition coefficient (Wildman–Crippen LogP) is 1.01. The summed E-state index contributed by atoms with van der Waals surface area (Å²) in [5, 5.41) is 18.4. The molecule has 3 aromatic rings. The van der Waals surface area contributed by atoms with Crippen molar-refractivity contribution in [3.8, 4) is 5.88 Å². The van der Waals surface area contributed by atoms with Crippen molar-refractivity contribution in [1.82, 2.24) is 30.3 Å². The molecule has 0 saturated carbocycles. The minimum absolute atomic E-state index is 0.145. The monoisotopic (exact) mass is 330 g/mol. The van der Waals surface area contributed by atoms with Crippen molar-refractivity contribution in [3.63, 3.8) is 0 Å². The maximum Gasteiger partial charge on any atom is 0.258 e. The van der Waals surface area contributed by atoms with E-state index in [1.165, 1.54) is 10.8 Å². The molecule has 0 fully saturated rings. The minimum Gasteiger partial charge on any atom is -0.467 e. The van der Waals surface area contributed by atoms with E-state index in [0.717, 1.165) is 12.1 Å². The molecule has 0 saturated heterocycles. The second kappa shape index (κ2) is 7.07. The number of nitrogens with zero attached hydrogens (tertiary/aromatic N) is 5. The Morgan fingerprint density at radius 1 is 1.42 bits per heavy atom. The number of hydrogen-bond acceptors (Lipinski definition) is 7. The van der Waals surface area contributed by atoms with Crippen LogP contribution in [-0.4, -0.2) is 37.5 Å². The van der Waals surface area contributed by atoms with Crippen molar-refractivity contribution in [2.24, 2.45) is 5.92 Å². The highest BCUT2D eigenvalue weighted by molar-refractivity contribution is 5.77. The van der Waals surface area contributed by atoms with Gasteiger partial charge in [0.25, 0.3) is 5.91 Å². The van der Waals surface area contributed by atoms with Crippen molar-refractivity contribution in [3.05, 3.63) is 36.0 Å². The quantitative estimate of drug-likeness (QED) is 0.688. The van der Waals surface area contributed by atoms with E-state index >= 15 is 0 Å². The minimum atomic E-state index is -0.275. The molecule has 1 N–H and O–H groups in total. The van der Waals surface area contributed by atoms with Crippen LogP contribution in [0.15, 0.2) is 29.0 Å². The summed E-state index contributed by atoms with van der Waals surface area (Å²) in [5.74, 6) is 1.16. The van der Waals surface area contributed by atoms with Gasteiger partial charge in [0.15, 0.2) is 18.0 Å². The molecule has 0 aliphatic heterocycles. The number of nitrogens with one attached hydrogen (secondary N) is 1. The Morgan fingerprint density at radius 3 is 3.12 bits per heavy atom. The number of hydrogen-bond donors (Lipinski definition) is 1. The number of carbonyl (C=O) groups is 1. The topological polar surface area (TPSA) is 107 Å². The van der Waals surface area contributed by atoms with Gasteiger partial charge in [0, 0.05) is 12.1 Å². The fourth-order valence-corrected chi connectivity index (χ4v) is 2.12. The lowest BCUT2D eigenvalue weighted by atomic mass is 10.1.